The van der Waals surface area contributed by atoms with Crippen molar-refractivity contribution in [2.24, 2.45) is 0 Å². The van der Waals surface area contributed by atoms with Crippen LogP contribution in [-0.4, -0.2) is 29.1 Å². The van der Waals surface area contributed by atoms with Crippen LogP contribution in [0.1, 0.15) is 32.6 Å². The van der Waals surface area contributed by atoms with Gasteiger partial charge in [0, 0.05) is 0 Å². The maximum absolute atomic E-state index is 13.8. The summed E-state index contributed by atoms with van der Waals surface area (Å²) in [6.45, 7) is 1.98. The normalized spacial score (nSPS) is 28.1. The van der Waals surface area contributed by atoms with Gasteiger partial charge in [-0.1, -0.05) is 38.3 Å². The summed E-state index contributed by atoms with van der Waals surface area (Å²) in [4.78, 5) is 0. The van der Waals surface area contributed by atoms with Crippen LogP contribution in [0.4, 0.5) is 8.78 Å². The molecule has 0 aromatic rings. The lowest BCUT2D eigenvalue weighted by atomic mass is 9.85. The molecule has 0 aromatic carbocycles. The molecule has 6 heteroatoms. The van der Waals surface area contributed by atoms with E-state index in [0.29, 0.717) is 6.42 Å². The summed E-state index contributed by atoms with van der Waals surface area (Å²) in [5.41, 5.74) is -1.61. The van der Waals surface area contributed by atoms with Gasteiger partial charge in [-0.2, -0.15) is 0 Å². The third-order valence-corrected chi connectivity index (χ3v) is 2.80. The van der Waals surface area contributed by atoms with Crippen molar-refractivity contribution < 1.29 is 23.5 Å². The van der Waals surface area contributed by atoms with Gasteiger partial charge in [-0.15, -0.1) is 0 Å². The Kier molecular flexibility index (Phi) is 5.30. The average molecular weight is 246 g/mol. The Hall–Kier alpha value is -0.715. The minimum absolute atomic E-state index is 0.206. The standard InChI is InChI=1S/C11H17BF2O3/c1-2-3-4-7-11(17-12(15)16)8-5-6-9(13)10(11)14/h5-6,8,10,15-16H,2-4,7H2,1H3. The Balaban J connectivity index is 2.79. The summed E-state index contributed by atoms with van der Waals surface area (Å²) < 4.78 is 31.8. The first-order chi connectivity index (χ1) is 8.02. The molecule has 0 fully saturated rings. The van der Waals surface area contributed by atoms with Crippen molar-refractivity contribution in [2.75, 3.05) is 0 Å². The predicted octanol–water partition coefficient (Wildman–Crippen LogP) is 2.05. The molecule has 2 unspecified atom stereocenters. The number of hydrogen-bond acceptors (Lipinski definition) is 3. The molecule has 0 saturated carbocycles. The van der Waals surface area contributed by atoms with Crippen LogP contribution in [0.15, 0.2) is 24.1 Å². The fraction of sp³-hybridized carbons (Fsp3) is 0.636. The molecule has 1 aliphatic carbocycles. The molecule has 3 nitrogen and oxygen atoms in total. The lowest BCUT2D eigenvalue weighted by Gasteiger charge is -2.35. The molecule has 0 radical (unpaired) electrons. The molecule has 17 heavy (non-hydrogen) atoms. The zero-order chi connectivity index (χ0) is 12.9. The second-order valence-electron chi connectivity index (χ2n) is 4.13. The maximum atomic E-state index is 13.8. The van der Waals surface area contributed by atoms with Gasteiger partial charge >= 0.3 is 7.32 Å². The molecule has 2 N–H and O–H groups in total. The largest absolute Gasteiger partial charge is 0.634 e. The van der Waals surface area contributed by atoms with E-state index in [1.807, 2.05) is 6.92 Å². The van der Waals surface area contributed by atoms with Gasteiger partial charge in [0.1, 0.15) is 11.4 Å². The highest BCUT2D eigenvalue weighted by Crippen LogP contribution is 2.35. The van der Waals surface area contributed by atoms with Crippen LogP contribution >= 0.6 is 0 Å². The van der Waals surface area contributed by atoms with E-state index in [4.69, 9.17) is 14.7 Å². The number of alkyl halides is 1. The Morgan fingerprint density at radius 2 is 2.18 bits per heavy atom. The van der Waals surface area contributed by atoms with Gasteiger partial charge in [0.2, 0.25) is 0 Å². The van der Waals surface area contributed by atoms with Gasteiger partial charge in [0.05, 0.1) is 0 Å². The zero-order valence-electron chi connectivity index (χ0n) is 9.77. The smallest absolute Gasteiger partial charge is 0.402 e. The molecule has 1 rings (SSSR count). The first-order valence-electron chi connectivity index (χ1n) is 5.75. The van der Waals surface area contributed by atoms with Crippen LogP contribution < -0.4 is 0 Å². The summed E-state index contributed by atoms with van der Waals surface area (Å²) >= 11 is 0. The molecule has 0 amide bonds. The summed E-state index contributed by atoms with van der Waals surface area (Å²) in [6.07, 6.45) is 4.30. The third-order valence-electron chi connectivity index (χ3n) is 2.80. The number of allylic oxidation sites excluding steroid dienone is 2. The van der Waals surface area contributed by atoms with Crippen molar-refractivity contribution in [3.05, 3.63) is 24.1 Å². The van der Waals surface area contributed by atoms with Gasteiger partial charge in [-0.3, -0.25) is 0 Å². The number of rotatable bonds is 6. The monoisotopic (exact) mass is 246 g/mol. The third kappa shape index (κ3) is 3.62. The molecule has 0 saturated heterocycles. The average Bonchev–Trinajstić information content (AvgIpc) is 2.25. The zero-order valence-corrected chi connectivity index (χ0v) is 9.77. The highest BCUT2D eigenvalue weighted by Gasteiger charge is 2.44. The molecular weight excluding hydrogens is 229 g/mol. The first kappa shape index (κ1) is 14.3. The van der Waals surface area contributed by atoms with E-state index < -0.39 is 24.9 Å². The fourth-order valence-corrected chi connectivity index (χ4v) is 1.92. The number of unbranched alkanes of at least 4 members (excludes halogenated alkanes) is 2. The van der Waals surface area contributed by atoms with Crippen LogP contribution in [0.3, 0.4) is 0 Å². The summed E-state index contributed by atoms with van der Waals surface area (Å²) in [5.74, 6) is -0.954. The van der Waals surface area contributed by atoms with Crippen molar-refractivity contribution in [1.29, 1.82) is 0 Å². The Morgan fingerprint density at radius 3 is 2.76 bits per heavy atom. The van der Waals surface area contributed by atoms with Crippen LogP contribution in [-0.2, 0) is 4.65 Å². The Bertz CT molecular complexity index is 307. The SMILES string of the molecule is CCCCCC1(OB(O)O)C=CC=C(F)C1F. The first-order valence-corrected chi connectivity index (χ1v) is 5.75. The second kappa shape index (κ2) is 6.28. The molecule has 0 spiro atoms. The minimum Gasteiger partial charge on any atom is -0.402 e. The predicted molar refractivity (Wildman–Crippen MR) is 61.4 cm³/mol. The van der Waals surface area contributed by atoms with Gasteiger partial charge in [0.15, 0.2) is 6.17 Å². The van der Waals surface area contributed by atoms with Crippen LogP contribution in [0, 0.1) is 0 Å². The molecule has 0 aliphatic heterocycles. The van der Waals surface area contributed by atoms with Crippen LogP contribution in [0.25, 0.3) is 0 Å². The van der Waals surface area contributed by atoms with Gasteiger partial charge in [0.25, 0.3) is 0 Å². The highest BCUT2D eigenvalue weighted by atomic mass is 19.2. The van der Waals surface area contributed by atoms with Gasteiger partial charge in [-0.05, 0) is 12.5 Å². The van der Waals surface area contributed by atoms with Crippen LogP contribution in [0.2, 0.25) is 0 Å². The topological polar surface area (TPSA) is 49.7 Å². The lowest BCUT2D eigenvalue weighted by Crippen LogP contribution is -2.46. The van der Waals surface area contributed by atoms with E-state index in [-0.39, 0.29) is 6.42 Å². The van der Waals surface area contributed by atoms with Crippen molar-refractivity contribution in [3.8, 4) is 0 Å². The van der Waals surface area contributed by atoms with E-state index in [9.17, 15) is 8.78 Å². The second-order valence-corrected chi connectivity index (χ2v) is 4.13. The van der Waals surface area contributed by atoms with Gasteiger partial charge in [-0.25, -0.2) is 8.78 Å². The number of halogens is 2. The van der Waals surface area contributed by atoms with Gasteiger partial charge < -0.3 is 14.7 Å². The molecule has 0 bridgehead atoms. The van der Waals surface area contributed by atoms with E-state index in [1.54, 1.807) is 0 Å². The Morgan fingerprint density at radius 1 is 1.47 bits per heavy atom. The molecule has 0 heterocycles. The van der Waals surface area contributed by atoms with E-state index in [0.717, 1.165) is 18.9 Å². The minimum atomic E-state index is -2.12. The molecule has 2 atom stereocenters. The number of hydrogen-bond donors (Lipinski definition) is 2. The van der Waals surface area contributed by atoms with Crippen molar-refractivity contribution in [1.82, 2.24) is 0 Å². The lowest BCUT2D eigenvalue weighted by molar-refractivity contribution is -0.00975. The highest BCUT2D eigenvalue weighted by molar-refractivity contribution is 6.32. The Labute approximate surface area is 100.0 Å². The molecule has 96 valence electrons. The summed E-state index contributed by atoms with van der Waals surface area (Å²) in [6, 6.07) is 0. The van der Waals surface area contributed by atoms with Crippen molar-refractivity contribution in [2.45, 2.75) is 44.4 Å². The van der Waals surface area contributed by atoms with E-state index in [1.165, 1.54) is 12.2 Å². The van der Waals surface area contributed by atoms with E-state index in [2.05, 4.69) is 0 Å². The van der Waals surface area contributed by atoms with Crippen molar-refractivity contribution in [3.63, 3.8) is 0 Å². The van der Waals surface area contributed by atoms with Crippen LogP contribution in [0.5, 0.6) is 0 Å². The molecule has 0 aromatic heterocycles. The van der Waals surface area contributed by atoms with E-state index >= 15 is 0 Å². The molecular formula is C11H17BF2O3. The maximum Gasteiger partial charge on any atom is 0.634 e. The summed E-state index contributed by atoms with van der Waals surface area (Å²) in [7, 11) is -2.12. The van der Waals surface area contributed by atoms with Crippen molar-refractivity contribution >= 4 is 7.32 Å². The quantitative estimate of drug-likeness (QED) is 0.557. The fourth-order valence-electron chi connectivity index (χ4n) is 1.92. The summed E-state index contributed by atoms with van der Waals surface area (Å²) in [5, 5.41) is 17.6. The molecule has 1 aliphatic rings.